The van der Waals surface area contributed by atoms with Crippen molar-refractivity contribution in [1.82, 2.24) is 4.90 Å². The highest BCUT2D eigenvalue weighted by Gasteiger charge is 2.23. The molecule has 0 heterocycles. The molecule has 0 bridgehead atoms. The minimum absolute atomic E-state index is 0.140. The number of likely N-dealkylation sites (N-methyl/N-ethyl adjacent to an activating group) is 1. The molecule has 0 aromatic heterocycles. The number of hydrogen-bond donors (Lipinski definition) is 1. The molecule has 2 atom stereocenters. The highest BCUT2D eigenvalue weighted by Crippen LogP contribution is 2.05. The van der Waals surface area contributed by atoms with Gasteiger partial charge in [0, 0.05) is 13.2 Å². The number of carboxylic acid groups (broad SMARTS) is 1. The standard InChI is InChI=1S/C9H19NO3/c1-5-10(7(2)6-13-4)8(3)9(11)12/h7-8H,5-6H2,1-4H3,(H,11,12). The van der Waals surface area contributed by atoms with Gasteiger partial charge in [0.15, 0.2) is 0 Å². The molecule has 0 spiro atoms. The molecule has 0 fully saturated rings. The van der Waals surface area contributed by atoms with Gasteiger partial charge in [0.25, 0.3) is 0 Å². The summed E-state index contributed by atoms with van der Waals surface area (Å²) < 4.78 is 4.98. The first-order valence-corrected chi connectivity index (χ1v) is 4.52. The smallest absolute Gasteiger partial charge is 0.320 e. The molecule has 2 unspecified atom stereocenters. The lowest BCUT2D eigenvalue weighted by Gasteiger charge is -2.30. The Kier molecular flexibility index (Phi) is 5.66. The summed E-state index contributed by atoms with van der Waals surface area (Å²) in [5.41, 5.74) is 0. The normalized spacial score (nSPS) is 15.8. The van der Waals surface area contributed by atoms with Crippen LogP contribution in [0.25, 0.3) is 0 Å². The highest BCUT2D eigenvalue weighted by atomic mass is 16.5. The molecule has 0 aliphatic rings. The summed E-state index contributed by atoms with van der Waals surface area (Å²) in [5, 5.41) is 8.82. The highest BCUT2D eigenvalue weighted by molar-refractivity contribution is 5.72. The zero-order chi connectivity index (χ0) is 10.4. The summed E-state index contributed by atoms with van der Waals surface area (Å²) in [6.45, 7) is 6.89. The maximum atomic E-state index is 10.7. The molecule has 0 radical (unpaired) electrons. The van der Waals surface area contributed by atoms with E-state index < -0.39 is 12.0 Å². The summed E-state index contributed by atoms with van der Waals surface area (Å²) in [4.78, 5) is 12.6. The fourth-order valence-electron chi connectivity index (χ4n) is 1.45. The molecule has 0 aliphatic carbocycles. The molecule has 4 heteroatoms. The van der Waals surface area contributed by atoms with Crippen molar-refractivity contribution in [1.29, 1.82) is 0 Å². The zero-order valence-electron chi connectivity index (χ0n) is 8.78. The summed E-state index contributed by atoms with van der Waals surface area (Å²) >= 11 is 0. The number of carboxylic acids is 1. The molecule has 4 nitrogen and oxygen atoms in total. The molecule has 1 N–H and O–H groups in total. The third-order valence-corrected chi connectivity index (χ3v) is 2.19. The van der Waals surface area contributed by atoms with Gasteiger partial charge in [-0.05, 0) is 20.4 Å². The Morgan fingerprint density at radius 3 is 2.38 bits per heavy atom. The van der Waals surface area contributed by atoms with Crippen LogP contribution in [0.2, 0.25) is 0 Å². The van der Waals surface area contributed by atoms with Crippen LogP contribution in [0.4, 0.5) is 0 Å². The minimum Gasteiger partial charge on any atom is -0.480 e. The van der Waals surface area contributed by atoms with Crippen molar-refractivity contribution in [3.8, 4) is 0 Å². The third-order valence-electron chi connectivity index (χ3n) is 2.19. The average molecular weight is 189 g/mol. The Morgan fingerprint density at radius 2 is 2.08 bits per heavy atom. The van der Waals surface area contributed by atoms with Gasteiger partial charge in [0.1, 0.15) is 6.04 Å². The lowest BCUT2D eigenvalue weighted by atomic mass is 10.2. The molecule has 0 amide bonds. The summed E-state index contributed by atoms with van der Waals surface area (Å²) in [5.74, 6) is -0.787. The topological polar surface area (TPSA) is 49.8 Å². The monoisotopic (exact) mass is 189 g/mol. The second-order valence-corrected chi connectivity index (χ2v) is 3.15. The van der Waals surface area contributed by atoms with Crippen LogP contribution in [-0.2, 0) is 9.53 Å². The first-order chi connectivity index (χ1) is 6.04. The van der Waals surface area contributed by atoms with E-state index in [-0.39, 0.29) is 6.04 Å². The maximum Gasteiger partial charge on any atom is 0.320 e. The van der Waals surface area contributed by atoms with Crippen molar-refractivity contribution in [2.24, 2.45) is 0 Å². The Morgan fingerprint density at radius 1 is 1.54 bits per heavy atom. The zero-order valence-corrected chi connectivity index (χ0v) is 8.78. The Hall–Kier alpha value is -0.610. The van der Waals surface area contributed by atoms with Crippen molar-refractivity contribution in [2.75, 3.05) is 20.3 Å². The second kappa shape index (κ2) is 5.94. The van der Waals surface area contributed by atoms with Crippen LogP contribution in [0.1, 0.15) is 20.8 Å². The van der Waals surface area contributed by atoms with Gasteiger partial charge in [-0.3, -0.25) is 9.69 Å². The Balaban J connectivity index is 4.22. The average Bonchev–Trinajstić information content (AvgIpc) is 2.05. The number of rotatable bonds is 6. The summed E-state index contributed by atoms with van der Waals surface area (Å²) in [7, 11) is 1.62. The molecule has 0 saturated carbocycles. The van der Waals surface area contributed by atoms with Crippen LogP contribution in [-0.4, -0.2) is 48.3 Å². The lowest BCUT2D eigenvalue weighted by molar-refractivity contribution is -0.143. The van der Waals surface area contributed by atoms with Crippen LogP contribution in [0.5, 0.6) is 0 Å². The van der Waals surface area contributed by atoms with Gasteiger partial charge >= 0.3 is 5.97 Å². The first-order valence-electron chi connectivity index (χ1n) is 4.52. The number of carbonyl (C=O) groups is 1. The largest absolute Gasteiger partial charge is 0.480 e. The van der Waals surface area contributed by atoms with E-state index in [4.69, 9.17) is 9.84 Å². The predicted molar refractivity (Wildman–Crippen MR) is 50.8 cm³/mol. The summed E-state index contributed by atoms with van der Waals surface area (Å²) in [6, 6.07) is -0.309. The summed E-state index contributed by atoms with van der Waals surface area (Å²) in [6.07, 6.45) is 0. The number of aliphatic carboxylic acids is 1. The van der Waals surface area contributed by atoms with E-state index in [9.17, 15) is 4.79 Å². The van der Waals surface area contributed by atoms with Crippen LogP contribution in [0, 0.1) is 0 Å². The molecule has 78 valence electrons. The molecule has 0 aromatic carbocycles. The van der Waals surface area contributed by atoms with Crippen LogP contribution < -0.4 is 0 Å². The van der Waals surface area contributed by atoms with E-state index in [1.54, 1.807) is 14.0 Å². The maximum absolute atomic E-state index is 10.7. The predicted octanol–water partition coefficient (Wildman–Crippen LogP) is 0.816. The van der Waals surface area contributed by atoms with E-state index >= 15 is 0 Å². The van der Waals surface area contributed by atoms with Gasteiger partial charge in [-0.1, -0.05) is 6.92 Å². The van der Waals surface area contributed by atoms with E-state index in [0.717, 1.165) is 6.54 Å². The van der Waals surface area contributed by atoms with Crippen molar-refractivity contribution < 1.29 is 14.6 Å². The van der Waals surface area contributed by atoms with E-state index in [1.807, 2.05) is 18.7 Å². The molecular formula is C9H19NO3. The van der Waals surface area contributed by atoms with E-state index in [0.29, 0.717) is 6.61 Å². The van der Waals surface area contributed by atoms with Crippen LogP contribution in [0.3, 0.4) is 0 Å². The van der Waals surface area contributed by atoms with Crippen molar-refractivity contribution in [3.05, 3.63) is 0 Å². The van der Waals surface area contributed by atoms with Crippen LogP contribution in [0.15, 0.2) is 0 Å². The Labute approximate surface area is 79.5 Å². The number of ether oxygens (including phenoxy) is 1. The molecule has 13 heavy (non-hydrogen) atoms. The molecule has 0 rings (SSSR count). The fraction of sp³-hybridized carbons (Fsp3) is 0.889. The van der Waals surface area contributed by atoms with Crippen molar-refractivity contribution in [3.63, 3.8) is 0 Å². The van der Waals surface area contributed by atoms with Crippen LogP contribution >= 0.6 is 0 Å². The number of nitrogens with zero attached hydrogens (tertiary/aromatic N) is 1. The SMILES string of the molecule is CCN(C(C)COC)C(C)C(=O)O. The third kappa shape index (κ3) is 3.74. The van der Waals surface area contributed by atoms with Gasteiger partial charge in [-0.25, -0.2) is 0 Å². The first kappa shape index (κ1) is 12.4. The second-order valence-electron chi connectivity index (χ2n) is 3.15. The van der Waals surface area contributed by atoms with E-state index in [2.05, 4.69) is 0 Å². The van der Waals surface area contributed by atoms with Gasteiger partial charge in [0.05, 0.1) is 6.61 Å². The Bertz CT molecular complexity index is 161. The van der Waals surface area contributed by atoms with Gasteiger partial charge in [-0.15, -0.1) is 0 Å². The lowest BCUT2D eigenvalue weighted by Crippen LogP contribution is -2.46. The van der Waals surface area contributed by atoms with Crippen molar-refractivity contribution in [2.45, 2.75) is 32.9 Å². The number of hydrogen-bond acceptors (Lipinski definition) is 3. The van der Waals surface area contributed by atoms with Crippen molar-refractivity contribution >= 4 is 5.97 Å². The fourth-order valence-corrected chi connectivity index (χ4v) is 1.45. The quantitative estimate of drug-likeness (QED) is 0.672. The van der Waals surface area contributed by atoms with E-state index in [1.165, 1.54) is 0 Å². The van der Waals surface area contributed by atoms with Gasteiger partial charge in [-0.2, -0.15) is 0 Å². The number of methoxy groups -OCH3 is 1. The molecule has 0 saturated heterocycles. The molecular weight excluding hydrogens is 170 g/mol. The van der Waals surface area contributed by atoms with Gasteiger partial charge in [0.2, 0.25) is 0 Å². The minimum atomic E-state index is -0.787. The molecule has 0 aromatic rings. The van der Waals surface area contributed by atoms with Gasteiger partial charge < -0.3 is 9.84 Å². The molecule has 0 aliphatic heterocycles.